The van der Waals surface area contributed by atoms with E-state index in [0.717, 1.165) is 17.1 Å². The van der Waals surface area contributed by atoms with Gasteiger partial charge < -0.3 is 14.8 Å². The standard InChI is InChI=1S/C18H19N3O3/c1-23-17-8-4-5-12(19-17)10-21-11-13-9-15(21)18(22)20-14-6-2-3-7-16(14)24-13/h2-8,13,15H,9-11H2,1H3,(H,20,22). The van der Waals surface area contributed by atoms with Gasteiger partial charge in [-0.05, 0) is 18.2 Å². The molecule has 2 aromatic rings. The molecule has 24 heavy (non-hydrogen) atoms. The van der Waals surface area contributed by atoms with Gasteiger partial charge in [-0.1, -0.05) is 18.2 Å². The summed E-state index contributed by atoms with van der Waals surface area (Å²) in [6.45, 7) is 1.29. The monoisotopic (exact) mass is 325 g/mol. The predicted molar refractivity (Wildman–Crippen MR) is 89.1 cm³/mol. The molecule has 6 nitrogen and oxygen atoms in total. The number of carbonyl (C=O) groups is 1. The highest BCUT2D eigenvalue weighted by molar-refractivity contribution is 5.96. The molecule has 124 valence electrons. The van der Waals surface area contributed by atoms with Gasteiger partial charge in [0.25, 0.3) is 0 Å². The minimum absolute atomic E-state index is 0.00723. The van der Waals surface area contributed by atoms with Crippen molar-refractivity contribution in [2.24, 2.45) is 0 Å². The zero-order chi connectivity index (χ0) is 16.5. The summed E-state index contributed by atoms with van der Waals surface area (Å²) in [7, 11) is 1.60. The number of nitrogens with zero attached hydrogens (tertiary/aromatic N) is 2. The molecular formula is C18H19N3O3. The van der Waals surface area contributed by atoms with Gasteiger partial charge in [0.1, 0.15) is 11.9 Å². The Morgan fingerprint density at radius 3 is 3.04 bits per heavy atom. The fraction of sp³-hybridized carbons (Fsp3) is 0.333. The molecular weight excluding hydrogens is 306 g/mol. The van der Waals surface area contributed by atoms with Crippen LogP contribution >= 0.6 is 0 Å². The van der Waals surface area contributed by atoms with E-state index in [-0.39, 0.29) is 18.1 Å². The molecule has 1 saturated heterocycles. The van der Waals surface area contributed by atoms with Crippen LogP contribution in [0.4, 0.5) is 5.69 Å². The summed E-state index contributed by atoms with van der Waals surface area (Å²) in [5, 5.41) is 2.98. The average molecular weight is 325 g/mol. The normalized spacial score (nSPS) is 22.8. The third kappa shape index (κ3) is 2.80. The first-order valence-electron chi connectivity index (χ1n) is 8.03. The molecule has 0 spiro atoms. The smallest absolute Gasteiger partial charge is 0.241 e. The van der Waals surface area contributed by atoms with E-state index in [0.29, 0.717) is 25.4 Å². The molecule has 2 bridgehead atoms. The molecule has 4 rings (SSSR count). The van der Waals surface area contributed by atoms with Gasteiger partial charge in [0.15, 0.2) is 0 Å². The number of para-hydroxylation sites is 2. The van der Waals surface area contributed by atoms with Gasteiger partial charge in [-0.2, -0.15) is 0 Å². The first kappa shape index (κ1) is 15.0. The van der Waals surface area contributed by atoms with Crippen LogP contribution in [0.2, 0.25) is 0 Å². The lowest BCUT2D eigenvalue weighted by molar-refractivity contribution is -0.120. The van der Waals surface area contributed by atoms with E-state index >= 15 is 0 Å². The Labute approximate surface area is 140 Å². The highest BCUT2D eigenvalue weighted by Gasteiger charge is 2.40. The van der Waals surface area contributed by atoms with Gasteiger partial charge in [-0.3, -0.25) is 9.69 Å². The van der Waals surface area contributed by atoms with Crippen LogP contribution < -0.4 is 14.8 Å². The van der Waals surface area contributed by atoms with Crippen molar-refractivity contribution in [1.29, 1.82) is 0 Å². The van der Waals surface area contributed by atoms with Gasteiger partial charge in [0.2, 0.25) is 11.8 Å². The van der Waals surface area contributed by atoms with Gasteiger partial charge in [-0.25, -0.2) is 4.98 Å². The Morgan fingerprint density at radius 2 is 2.17 bits per heavy atom. The van der Waals surface area contributed by atoms with Gasteiger partial charge in [0, 0.05) is 25.6 Å². The molecule has 0 aliphatic carbocycles. The van der Waals surface area contributed by atoms with Crippen LogP contribution in [0.25, 0.3) is 0 Å². The Kier molecular flexibility index (Phi) is 3.82. The number of rotatable bonds is 3. The van der Waals surface area contributed by atoms with Crippen LogP contribution in [0.3, 0.4) is 0 Å². The van der Waals surface area contributed by atoms with Crippen molar-refractivity contribution in [3.8, 4) is 11.6 Å². The highest BCUT2D eigenvalue weighted by Crippen LogP contribution is 2.33. The van der Waals surface area contributed by atoms with Crippen LogP contribution in [0.1, 0.15) is 12.1 Å². The molecule has 1 amide bonds. The van der Waals surface area contributed by atoms with E-state index in [4.69, 9.17) is 9.47 Å². The average Bonchev–Trinajstić information content (AvgIpc) is 2.99. The van der Waals surface area contributed by atoms with E-state index in [9.17, 15) is 4.79 Å². The SMILES string of the molecule is COc1cccc(CN2CC3CC2C(=O)Nc2ccccc2O3)n1. The van der Waals surface area contributed by atoms with Crippen molar-refractivity contribution in [3.05, 3.63) is 48.2 Å². The van der Waals surface area contributed by atoms with Crippen molar-refractivity contribution < 1.29 is 14.3 Å². The van der Waals surface area contributed by atoms with Gasteiger partial charge >= 0.3 is 0 Å². The summed E-state index contributed by atoms with van der Waals surface area (Å²) < 4.78 is 11.3. The lowest BCUT2D eigenvalue weighted by atomic mass is 10.1. The third-order valence-electron chi connectivity index (χ3n) is 4.46. The molecule has 1 N–H and O–H groups in total. The minimum Gasteiger partial charge on any atom is -0.487 e. The van der Waals surface area contributed by atoms with Crippen molar-refractivity contribution >= 4 is 11.6 Å². The first-order chi connectivity index (χ1) is 11.7. The number of pyridine rings is 1. The number of ether oxygens (including phenoxy) is 2. The zero-order valence-corrected chi connectivity index (χ0v) is 13.4. The molecule has 0 saturated carbocycles. The van der Waals surface area contributed by atoms with Crippen molar-refractivity contribution in [2.75, 3.05) is 19.0 Å². The second-order valence-corrected chi connectivity index (χ2v) is 6.08. The molecule has 1 aromatic carbocycles. The topological polar surface area (TPSA) is 63.7 Å². The van der Waals surface area contributed by atoms with Gasteiger partial charge in [-0.15, -0.1) is 0 Å². The van der Waals surface area contributed by atoms with Crippen molar-refractivity contribution in [2.45, 2.75) is 25.1 Å². The van der Waals surface area contributed by atoms with Crippen LogP contribution in [0.15, 0.2) is 42.5 Å². The van der Waals surface area contributed by atoms with Crippen molar-refractivity contribution in [1.82, 2.24) is 9.88 Å². The Balaban J connectivity index is 1.56. The molecule has 2 atom stereocenters. The number of nitrogens with one attached hydrogen (secondary N) is 1. The number of fused-ring (bicyclic) bond motifs is 3. The first-order valence-corrected chi connectivity index (χ1v) is 8.03. The predicted octanol–water partition coefficient (Wildman–Crippen LogP) is 2.06. The van der Waals surface area contributed by atoms with E-state index in [1.165, 1.54) is 0 Å². The Bertz CT molecular complexity index is 765. The Morgan fingerprint density at radius 1 is 1.29 bits per heavy atom. The van der Waals surface area contributed by atoms with Crippen LogP contribution in [0, 0.1) is 0 Å². The maximum atomic E-state index is 12.7. The summed E-state index contributed by atoms with van der Waals surface area (Å²) in [6.07, 6.45) is 0.692. The highest BCUT2D eigenvalue weighted by atomic mass is 16.5. The minimum atomic E-state index is -0.212. The van der Waals surface area contributed by atoms with E-state index < -0.39 is 0 Å². The quantitative estimate of drug-likeness (QED) is 0.936. The fourth-order valence-electron chi connectivity index (χ4n) is 3.33. The third-order valence-corrected chi connectivity index (χ3v) is 4.46. The lowest BCUT2D eigenvalue weighted by Gasteiger charge is -2.23. The number of hydrogen-bond acceptors (Lipinski definition) is 5. The van der Waals surface area contributed by atoms with E-state index in [1.54, 1.807) is 7.11 Å². The van der Waals surface area contributed by atoms with Crippen LogP contribution in [0.5, 0.6) is 11.6 Å². The molecule has 0 radical (unpaired) electrons. The summed E-state index contributed by atoms with van der Waals surface area (Å²) in [5.41, 5.74) is 1.61. The second-order valence-electron chi connectivity index (χ2n) is 6.08. The molecule has 3 heterocycles. The molecule has 6 heteroatoms. The number of aromatic nitrogens is 1. The maximum absolute atomic E-state index is 12.7. The molecule has 2 unspecified atom stereocenters. The zero-order valence-electron chi connectivity index (χ0n) is 13.4. The Hall–Kier alpha value is -2.60. The summed E-state index contributed by atoms with van der Waals surface area (Å²) in [6, 6.07) is 13.0. The number of hydrogen-bond donors (Lipinski definition) is 1. The molecule has 1 aromatic heterocycles. The largest absolute Gasteiger partial charge is 0.487 e. The lowest BCUT2D eigenvalue weighted by Crippen LogP contribution is -2.39. The summed E-state index contributed by atoms with van der Waals surface area (Å²) >= 11 is 0. The second kappa shape index (κ2) is 6.13. The van der Waals surface area contributed by atoms with Crippen LogP contribution in [-0.2, 0) is 11.3 Å². The van der Waals surface area contributed by atoms with Gasteiger partial charge in [0.05, 0.1) is 24.5 Å². The van der Waals surface area contributed by atoms with E-state index in [2.05, 4.69) is 15.2 Å². The number of anilines is 1. The van der Waals surface area contributed by atoms with Crippen LogP contribution in [-0.4, -0.2) is 41.6 Å². The molecule has 2 aliphatic heterocycles. The maximum Gasteiger partial charge on any atom is 0.241 e. The van der Waals surface area contributed by atoms with Crippen molar-refractivity contribution in [3.63, 3.8) is 0 Å². The van der Waals surface area contributed by atoms with E-state index in [1.807, 2.05) is 42.5 Å². The molecule has 1 fully saturated rings. The number of likely N-dealkylation sites (tertiary alicyclic amines) is 1. The summed E-state index contributed by atoms with van der Waals surface area (Å²) in [4.78, 5) is 19.2. The molecule has 2 aliphatic rings. The number of methoxy groups -OCH3 is 1. The number of benzene rings is 1. The fourth-order valence-corrected chi connectivity index (χ4v) is 3.33. The number of carbonyl (C=O) groups excluding carboxylic acids is 1. The number of amides is 1. The summed E-state index contributed by atoms with van der Waals surface area (Å²) in [5.74, 6) is 1.32.